The molecule has 0 unspecified atom stereocenters. The van der Waals surface area contributed by atoms with Crippen molar-refractivity contribution in [3.8, 4) is 11.5 Å². The number of aromatic nitrogens is 3. The average Bonchev–Trinajstić information content (AvgIpc) is 2.86. The van der Waals surface area contributed by atoms with Crippen molar-refractivity contribution in [2.75, 3.05) is 0 Å². The molecule has 0 atom stereocenters. The molecule has 0 saturated carbocycles. The highest BCUT2D eigenvalue weighted by Gasteiger charge is 2.16. The minimum atomic E-state index is 0.305. The lowest BCUT2D eigenvalue weighted by Crippen LogP contribution is -2.04. The summed E-state index contributed by atoms with van der Waals surface area (Å²) >= 11 is 3.42. The van der Waals surface area contributed by atoms with Crippen molar-refractivity contribution in [2.24, 2.45) is 5.73 Å². The lowest BCUT2D eigenvalue weighted by molar-refractivity contribution is 0.623. The molecule has 108 valence electrons. The van der Waals surface area contributed by atoms with Crippen LogP contribution in [0.25, 0.3) is 22.6 Å². The van der Waals surface area contributed by atoms with E-state index in [2.05, 4.69) is 57.5 Å². The van der Waals surface area contributed by atoms with Gasteiger partial charge in [0.05, 0.1) is 11.0 Å². The molecule has 4 nitrogen and oxygen atoms in total. The molecule has 0 fully saturated rings. The van der Waals surface area contributed by atoms with Crippen LogP contribution in [0.5, 0.6) is 0 Å². The minimum absolute atomic E-state index is 0.305. The number of nitrogens with two attached hydrogens (primary N) is 1. The first kappa shape index (κ1) is 14.2. The molecule has 1 aromatic carbocycles. The summed E-state index contributed by atoms with van der Waals surface area (Å²) in [6, 6.07) is 10.5. The standard InChI is InChI=1S/C16H17BrN4/c1-10(2)21-15-6-3-11(8-18)7-14(15)20-16(21)13-5-4-12(17)9-19-13/h3-7,9-10H,8,18H2,1-2H3. The van der Waals surface area contributed by atoms with E-state index in [0.717, 1.165) is 32.6 Å². The molecule has 0 bridgehead atoms. The van der Waals surface area contributed by atoms with Gasteiger partial charge in [-0.25, -0.2) is 4.98 Å². The van der Waals surface area contributed by atoms with Crippen molar-refractivity contribution in [1.82, 2.24) is 14.5 Å². The summed E-state index contributed by atoms with van der Waals surface area (Å²) < 4.78 is 3.18. The molecule has 0 radical (unpaired) electrons. The van der Waals surface area contributed by atoms with Crippen LogP contribution in [0.4, 0.5) is 0 Å². The molecule has 0 amide bonds. The monoisotopic (exact) mass is 344 g/mol. The first-order valence-electron chi connectivity index (χ1n) is 6.93. The number of fused-ring (bicyclic) bond motifs is 1. The van der Waals surface area contributed by atoms with E-state index < -0.39 is 0 Å². The van der Waals surface area contributed by atoms with Gasteiger partial charge in [-0.2, -0.15) is 0 Å². The molecule has 0 saturated heterocycles. The van der Waals surface area contributed by atoms with Gasteiger partial charge in [0.2, 0.25) is 0 Å². The van der Waals surface area contributed by atoms with Crippen molar-refractivity contribution >= 4 is 27.0 Å². The van der Waals surface area contributed by atoms with Gasteiger partial charge < -0.3 is 10.3 Å². The summed E-state index contributed by atoms with van der Waals surface area (Å²) in [5.41, 5.74) is 9.76. The summed E-state index contributed by atoms with van der Waals surface area (Å²) in [6.07, 6.45) is 1.80. The van der Waals surface area contributed by atoms with Crippen molar-refractivity contribution in [3.05, 3.63) is 46.6 Å². The van der Waals surface area contributed by atoms with Crippen LogP contribution in [0.15, 0.2) is 41.0 Å². The second-order valence-corrected chi connectivity index (χ2v) is 6.20. The maximum atomic E-state index is 5.72. The third-order valence-electron chi connectivity index (χ3n) is 3.46. The Bertz CT molecular complexity index is 775. The van der Waals surface area contributed by atoms with Crippen LogP contribution in [0.1, 0.15) is 25.5 Å². The van der Waals surface area contributed by atoms with E-state index in [-0.39, 0.29) is 0 Å². The van der Waals surface area contributed by atoms with Crippen LogP contribution in [0.2, 0.25) is 0 Å². The number of hydrogen-bond donors (Lipinski definition) is 1. The van der Waals surface area contributed by atoms with Crippen LogP contribution in [-0.2, 0) is 6.54 Å². The van der Waals surface area contributed by atoms with Crippen LogP contribution >= 0.6 is 15.9 Å². The highest BCUT2D eigenvalue weighted by Crippen LogP contribution is 2.28. The molecule has 0 spiro atoms. The lowest BCUT2D eigenvalue weighted by Gasteiger charge is -2.12. The number of pyridine rings is 1. The van der Waals surface area contributed by atoms with Gasteiger partial charge in [-0.1, -0.05) is 6.07 Å². The van der Waals surface area contributed by atoms with Crippen LogP contribution < -0.4 is 5.73 Å². The van der Waals surface area contributed by atoms with Crippen LogP contribution in [0, 0.1) is 0 Å². The minimum Gasteiger partial charge on any atom is -0.326 e. The van der Waals surface area contributed by atoms with E-state index in [1.807, 2.05) is 12.1 Å². The summed E-state index contributed by atoms with van der Waals surface area (Å²) in [5, 5.41) is 0. The number of halogens is 1. The number of benzene rings is 1. The molecule has 3 aromatic rings. The first-order chi connectivity index (χ1) is 10.1. The predicted octanol–water partition coefficient (Wildman–Crippen LogP) is 3.90. The maximum absolute atomic E-state index is 5.72. The van der Waals surface area contributed by atoms with Gasteiger partial charge in [0.25, 0.3) is 0 Å². The first-order valence-corrected chi connectivity index (χ1v) is 7.72. The quantitative estimate of drug-likeness (QED) is 0.783. The molecule has 2 N–H and O–H groups in total. The molecular weight excluding hydrogens is 328 g/mol. The van der Waals surface area contributed by atoms with E-state index in [0.29, 0.717) is 12.6 Å². The Morgan fingerprint density at radius 2 is 2.05 bits per heavy atom. The fourth-order valence-electron chi connectivity index (χ4n) is 2.48. The molecule has 2 heterocycles. The third-order valence-corrected chi connectivity index (χ3v) is 3.93. The van der Waals surface area contributed by atoms with Crippen molar-refractivity contribution < 1.29 is 0 Å². The third kappa shape index (κ3) is 2.59. The van der Waals surface area contributed by atoms with E-state index in [1.165, 1.54) is 0 Å². The Balaban J connectivity index is 2.25. The smallest absolute Gasteiger partial charge is 0.160 e. The summed E-state index contributed by atoms with van der Waals surface area (Å²) in [4.78, 5) is 9.25. The molecule has 2 aromatic heterocycles. The summed E-state index contributed by atoms with van der Waals surface area (Å²) in [6.45, 7) is 4.83. The summed E-state index contributed by atoms with van der Waals surface area (Å²) in [7, 11) is 0. The van der Waals surface area contributed by atoms with Gasteiger partial charge in [0.1, 0.15) is 5.69 Å². The van der Waals surface area contributed by atoms with Gasteiger partial charge in [-0.05, 0) is 59.6 Å². The molecule has 0 aliphatic carbocycles. The van der Waals surface area contributed by atoms with Gasteiger partial charge in [-0.3, -0.25) is 4.98 Å². The van der Waals surface area contributed by atoms with Crippen molar-refractivity contribution in [3.63, 3.8) is 0 Å². The second kappa shape index (κ2) is 5.58. The zero-order valence-corrected chi connectivity index (χ0v) is 13.6. The SMILES string of the molecule is CC(C)n1c(-c2ccc(Br)cn2)nc2cc(CN)ccc21. The Morgan fingerprint density at radius 1 is 1.24 bits per heavy atom. The van der Waals surface area contributed by atoms with E-state index in [1.54, 1.807) is 6.20 Å². The van der Waals surface area contributed by atoms with Gasteiger partial charge in [-0.15, -0.1) is 0 Å². The van der Waals surface area contributed by atoms with Crippen LogP contribution in [0.3, 0.4) is 0 Å². The van der Waals surface area contributed by atoms with Crippen LogP contribution in [-0.4, -0.2) is 14.5 Å². The molecule has 5 heteroatoms. The Kier molecular flexibility index (Phi) is 3.78. The van der Waals surface area contributed by atoms with Gasteiger partial charge >= 0.3 is 0 Å². The Hall–Kier alpha value is -1.72. The highest BCUT2D eigenvalue weighted by atomic mass is 79.9. The lowest BCUT2D eigenvalue weighted by atomic mass is 10.2. The molecule has 0 aliphatic rings. The second-order valence-electron chi connectivity index (χ2n) is 5.29. The van der Waals surface area contributed by atoms with Gasteiger partial charge in [0, 0.05) is 23.3 Å². The van der Waals surface area contributed by atoms with Crippen molar-refractivity contribution in [1.29, 1.82) is 0 Å². The van der Waals surface area contributed by atoms with Gasteiger partial charge in [0.15, 0.2) is 5.82 Å². The number of imidazole rings is 1. The maximum Gasteiger partial charge on any atom is 0.160 e. The highest BCUT2D eigenvalue weighted by molar-refractivity contribution is 9.10. The Labute approximate surface area is 132 Å². The van der Waals surface area contributed by atoms with E-state index >= 15 is 0 Å². The van der Waals surface area contributed by atoms with E-state index in [4.69, 9.17) is 10.7 Å². The molecule has 0 aliphatic heterocycles. The fourth-order valence-corrected chi connectivity index (χ4v) is 2.72. The zero-order valence-electron chi connectivity index (χ0n) is 12.0. The zero-order chi connectivity index (χ0) is 15.0. The summed E-state index contributed by atoms with van der Waals surface area (Å²) in [5.74, 6) is 0.890. The normalized spacial score (nSPS) is 11.5. The molecular formula is C16H17BrN4. The predicted molar refractivity (Wildman–Crippen MR) is 88.9 cm³/mol. The number of nitrogens with zero attached hydrogens (tertiary/aromatic N) is 3. The molecule has 3 rings (SSSR count). The topological polar surface area (TPSA) is 56.7 Å². The largest absolute Gasteiger partial charge is 0.326 e. The Morgan fingerprint density at radius 3 is 2.67 bits per heavy atom. The van der Waals surface area contributed by atoms with E-state index in [9.17, 15) is 0 Å². The fraction of sp³-hybridized carbons (Fsp3) is 0.250. The average molecular weight is 345 g/mol. The number of hydrogen-bond acceptors (Lipinski definition) is 3. The number of rotatable bonds is 3. The van der Waals surface area contributed by atoms with Crippen molar-refractivity contribution in [2.45, 2.75) is 26.4 Å². The molecule has 21 heavy (non-hydrogen) atoms.